The lowest BCUT2D eigenvalue weighted by Gasteiger charge is -2.33. The Morgan fingerprint density at radius 2 is 0.949 bits per heavy atom. The Hall–Kier alpha value is -3.00. The molecule has 0 aliphatic heterocycles. The summed E-state index contributed by atoms with van der Waals surface area (Å²) in [4.78, 5) is 2.31. The van der Waals surface area contributed by atoms with Crippen LogP contribution in [0.2, 0.25) is 0 Å². The highest BCUT2D eigenvalue weighted by atomic mass is 32.2. The van der Waals surface area contributed by atoms with E-state index in [9.17, 15) is 25.9 Å². The van der Waals surface area contributed by atoms with Crippen molar-refractivity contribution in [2.75, 3.05) is 137 Å². The van der Waals surface area contributed by atoms with Crippen molar-refractivity contribution in [2.24, 2.45) is 0 Å². The van der Waals surface area contributed by atoms with Crippen LogP contribution < -0.4 is 4.90 Å². The average Bonchev–Trinajstić information content (AvgIpc) is 3.16. The monoisotopic (exact) mass is 865 g/mol. The number of rotatable bonds is 32. The predicted octanol–water partition coefficient (Wildman–Crippen LogP) is 4.39. The van der Waals surface area contributed by atoms with E-state index in [4.69, 9.17) is 23.7 Å². The maximum Gasteiger partial charge on any atom is 0.102 e. The molecule has 3 aromatic rings. The van der Waals surface area contributed by atoms with Gasteiger partial charge in [0, 0.05) is 43.1 Å². The molecule has 3 aromatic carbocycles. The third-order valence-electron chi connectivity index (χ3n) is 9.94. The number of benzene rings is 3. The molecule has 2 unspecified atom stereocenters. The SMILES string of the molecule is Cc1cccc(N(CC(OCCOCCOCC[N+](C)(C)CCCS(=O)(=O)[O-])c2ccccc2)CC(OCCOCC[N+](C)(C)CCCS(=O)(=O)[O-])c2ccccc2)c1. The minimum Gasteiger partial charge on any atom is -0.748 e. The molecular weight excluding hydrogens is 799 g/mol. The van der Waals surface area contributed by atoms with E-state index < -0.39 is 20.2 Å². The summed E-state index contributed by atoms with van der Waals surface area (Å²) in [7, 11) is -0.477. The number of anilines is 1. The summed E-state index contributed by atoms with van der Waals surface area (Å²) in [5.41, 5.74) is 4.27. The molecule has 332 valence electrons. The summed E-state index contributed by atoms with van der Waals surface area (Å²) < 4.78 is 97.5. The van der Waals surface area contributed by atoms with Gasteiger partial charge in [-0.25, -0.2) is 16.8 Å². The number of ether oxygens (including phenoxy) is 5. The molecule has 0 aliphatic carbocycles. The van der Waals surface area contributed by atoms with Crippen molar-refractivity contribution >= 4 is 25.9 Å². The molecule has 0 heterocycles. The third kappa shape index (κ3) is 23.0. The van der Waals surface area contributed by atoms with Gasteiger partial charge in [-0.15, -0.1) is 0 Å². The normalized spacial score (nSPS) is 13.7. The smallest absolute Gasteiger partial charge is 0.102 e. The topological polar surface area (TPSA) is 164 Å². The Bertz CT molecular complexity index is 1820. The molecule has 3 rings (SSSR count). The number of quaternary nitrogens is 2. The molecule has 0 amide bonds. The Kier molecular flexibility index (Phi) is 21.9. The Labute approximate surface area is 353 Å². The molecule has 16 heteroatoms. The second-order valence-electron chi connectivity index (χ2n) is 16.1. The third-order valence-corrected chi connectivity index (χ3v) is 11.5. The lowest BCUT2D eigenvalue weighted by molar-refractivity contribution is -0.890. The maximum absolute atomic E-state index is 11.0. The van der Waals surface area contributed by atoms with Crippen LogP contribution in [-0.2, 0) is 43.9 Å². The van der Waals surface area contributed by atoms with Crippen LogP contribution in [0.5, 0.6) is 0 Å². The van der Waals surface area contributed by atoms with Crippen molar-refractivity contribution in [2.45, 2.75) is 32.0 Å². The van der Waals surface area contributed by atoms with Crippen molar-refractivity contribution in [3.8, 4) is 0 Å². The zero-order valence-electron chi connectivity index (χ0n) is 35.6. The fourth-order valence-electron chi connectivity index (χ4n) is 6.46. The molecule has 2 atom stereocenters. The molecule has 0 fully saturated rings. The quantitative estimate of drug-likeness (QED) is 0.0495. The highest BCUT2D eigenvalue weighted by Gasteiger charge is 2.23. The molecule has 0 saturated carbocycles. The number of nitrogens with zero attached hydrogens (tertiary/aromatic N) is 3. The standard InChI is InChI=1S/C43H67N3O11S2/c1-38-15-12-20-41(35-38)44(36-42(39-16-8-6-9-17-39)56-31-29-54-26-24-46(4,5)22-14-34-59(50,51)52)37-43(40-18-10-7-11-19-40)57-32-30-55-28-27-53-25-23-45(2,3)21-13-33-58(47,48)49/h6-12,15-20,35,42-43H,13-14,21-34,36-37H2,1-5H3. The van der Waals surface area contributed by atoms with Gasteiger partial charge in [-0.05, 0) is 35.7 Å². The van der Waals surface area contributed by atoms with Gasteiger partial charge in [0.25, 0.3) is 0 Å². The first-order valence-corrected chi connectivity index (χ1v) is 23.5. The van der Waals surface area contributed by atoms with Crippen LogP contribution in [0, 0.1) is 6.92 Å². The molecule has 0 spiro atoms. The molecule has 14 nitrogen and oxygen atoms in total. The van der Waals surface area contributed by atoms with Crippen LogP contribution in [0.3, 0.4) is 0 Å². The van der Waals surface area contributed by atoms with E-state index in [1.165, 1.54) is 0 Å². The van der Waals surface area contributed by atoms with Gasteiger partial charge in [-0.2, -0.15) is 0 Å². The summed E-state index contributed by atoms with van der Waals surface area (Å²) in [6.07, 6.45) is 0.0758. The average molecular weight is 866 g/mol. The number of likely N-dealkylation sites (N-methyl/N-ethyl adjacent to an activating group) is 2. The van der Waals surface area contributed by atoms with Crippen molar-refractivity contribution in [1.29, 1.82) is 0 Å². The summed E-state index contributed by atoms with van der Waals surface area (Å²) in [5, 5.41) is 0. The van der Waals surface area contributed by atoms with Gasteiger partial charge in [0.2, 0.25) is 0 Å². The molecule has 0 saturated heterocycles. The number of aryl methyl sites for hydroxylation is 1. The molecule has 0 radical (unpaired) electrons. The minimum atomic E-state index is -4.22. The molecular formula is C43H67N3O11S2. The van der Waals surface area contributed by atoms with E-state index in [0.717, 1.165) is 22.4 Å². The Balaban J connectivity index is 1.58. The van der Waals surface area contributed by atoms with Gasteiger partial charge >= 0.3 is 0 Å². The van der Waals surface area contributed by atoms with Crippen LogP contribution in [0.1, 0.15) is 41.7 Å². The van der Waals surface area contributed by atoms with Crippen molar-refractivity contribution in [1.82, 2.24) is 0 Å². The highest BCUT2D eigenvalue weighted by molar-refractivity contribution is 7.85. The van der Waals surface area contributed by atoms with Crippen molar-refractivity contribution in [3.05, 3.63) is 102 Å². The van der Waals surface area contributed by atoms with Gasteiger partial charge in [-0.3, -0.25) is 0 Å². The number of hydrogen-bond donors (Lipinski definition) is 0. The summed E-state index contributed by atoms with van der Waals surface area (Å²) >= 11 is 0. The molecule has 0 bridgehead atoms. The van der Waals surface area contributed by atoms with Crippen molar-refractivity contribution in [3.63, 3.8) is 0 Å². The first kappa shape index (κ1) is 50.4. The van der Waals surface area contributed by atoms with Gasteiger partial charge in [0.15, 0.2) is 0 Å². The number of hydrogen-bond acceptors (Lipinski definition) is 12. The first-order valence-electron chi connectivity index (χ1n) is 20.3. The van der Waals surface area contributed by atoms with Crippen LogP contribution in [0.25, 0.3) is 0 Å². The lowest BCUT2D eigenvalue weighted by Crippen LogP contribution is -2.43. The van der Waals surface area contributed by atoms with E-state index >= 15 is 0 Å². The summed E-state index contributed by atoms with van der Waals surface area (Å²) in [5.74, 6) is -0.714. The molecule has 59 heavy (non-hydrogen) atoms. The summed E-state index contributed by atoms with van der Waals surface area (Å²) in [6, 6.07) is 28.7. The van der Waals surface area contributed by atoms with Crippen LogP contribution in [0.15, 0.2) is 84.9 Å². The van der Waals surface area contributed by atoms with Crippen LogP contribution in [0.4, 0.5) is 5.69 Å². The van der Waals surface area contributed by atoms with Crippen LogP contribution in [-0.4, -0.2) is 167 Å². The largest absolute Gasteiger partial charge is 0.748 e. The predicted molar refractivity (Wildman–Crippen MR) is 228 cm³/mol. The highest BCUT2D eigenvalue weighted by Crippen LogP contribution is 2.28. The second kappa shape index (κ2) is 25.7. The Morgan fingerprint density at radius 1 is 0.542 bits per heavy atom. The van der Waals surface area contributed by atoms with E-state index in [1.807, 2.05) is 64.6 Å². The zero-order chi connectivity index (χ0) is 43.2. The Morgan fingerprint density at radius 3 is 1.36 bits per heavy atom. The fraction of sp³-hybridized carbons (Fsp3) is 0.581. The zero-order valence-corrected chi connectivity index (χ0v) is 37.2. The minimum absolute atomic E-state index is 0.275. The second-order valence-corrected chi connectivity index (χ2v) is 19.2. The molecule has 0 aromatic heterocycles. The lowest BCUT2D eigenvalue weighted by atomic mass is 10.1. The molecule has 0 aliphatic rings. The first-order chi connectivity index (χ1) is 27.9. The van der Waals surface area contributed by atoms with Crippen molar-refractivity contribution < 1.29 is 58.6 Å². The summed E-state index contributed by atoms with van der Waals surface area (Å²) in [6.45, 7) is 8.96. The fourth-order valence-corrected chi connectivity index (χ4v) is 7.43. The van der Waals surface area contributed by atoms with Gasteiger partial charge in [-0.1, -0.05) is 72.8 Å². The van der Waals surface area contributed by atoms with E-state index in [1.54, 1.807) is 0 Å². The van der Waals surface area contributed by atoms with E-state index in [2.05, 4.69) is 60.4 Å². The van der Waals surface area contributed by atoms with Gasteiger partial charge in [0.05, 0.1) is 114 Å². The molecule has 0 N–H and O–H groups in total. The van der Waals surface area contributed by atoms with Crippen LogP contribution >= 0.6 is 0 Å². The maximum atomic E-state index is 11.0. The van der Waals surface area contributed by atoms with Gasteiger partial charge < -0.3 is 46.7 Å². The van der Waals surface area contributed by atoms with Gasteiger partial charge in [0.1, 0.15) is 25.3 Å². The van der Waals surface area contributed by atoms with E-state index in [-0.39, 0.29) is 23.7 Å². The van der Waals surface area contributed by atoms with E-state index in [0.29, 0.717) is 114 Å².